The van der Waals surface area contributed by atoms with Gasteiger partial charge >= 0.3 is 0 Å². The van der Waals surface area contributed by atoms with Crippen LogP contribution in [0.1, 0.15) is 12.2 Å². The number of aromatic amines is 1. The number of H-pyrrole nitrogens is 1. The van der Waals surface area contributed by atoms with Crippen molar-refractivity contribution >= 4 is 11.4 Å². The second kappa shape index (κ2) is 5.21. The van der Waals surface area contributed by atoms with Crippen LogP contribution in [0, 0.1) is 0 Å². The highest BCUT2D eigenvalue weighted by molar-refractivity contribution is 5.53. The highest BCUT2D eigenvalue weighted by Crippen LogP contribution is 2.11. The largest absolute Gasteiger partial charge is 0.399 e. The van der Waals surface area contributed by atoms with Gasteiger partial charge in [-0.1, -0.05) is 6.07 Å². The maximum Gasteiger partial charge on any atom is 0.106 e. The molecule has 1 aromatic heterocycles. The second-order valence-electron chi connectivity index (χ2n) is 3.69. The predicted molar refractivity (Wildman–Crippen MR) is 66.3 cm³/mol. The molecular formula is C12H16N4. The summed E-state index contributed by atoms with van der Waals surface area (Å²) in [6.45, 7) is 0.921. The number of nitrogen functional groups attached to an aromatic ring is 1. The zero-order valence-corrected chi connectivity index (χ0v) is 9.11. The molecule has 1 aromatic carbocycles. The van der Waals surface area contributed by atoms with E-state index in [1.165, 1.54) is 0 Å². The number of hydrogen-bond acceptors (Lipinski definition) is 3. The van der Waals surface area contributed by atoms with Gasteiger partial charge in [-0.25, -0.2) is 4.98 Å². The summed E-state index contributed by atoms with van der Waals surface area (Å²) in [6, 6.07) is 7.79. The Bertz CT molecular complexity index is 422. The lowest BCUT2D eigenvalue weighted by Gasteiger charge is -2.06. The molecule has 2 aromatic rings. The van der Waals surface area contributed by atoms with Crippen LogP contribution in [0.4, 0.5) is 11.4 Å². The highest BCUT2D eigenvalue weighted by Gasteiger charge is 1.95. The Balaban J connectivity index is 1.72. The molecule has 4 N–H and O–H groups in total. The van der Waals surface area contributed by atoms with Crippen LogP contribution in [-0.4, -0.2) is 16.5 Å². The smallest absolute Gasteiger partial charge is 0.106 e. The monoisotopic (exact) mass is 216 g/mol. The Hall–Kier alpha value is -1.97. The Morgan fingerprint density at radius 1 is 1.38 bits per heavy atom. The molecule has 0 radical (unpaired) electrons. The third-order valence-electron chi connectivity index (χ3n) is 2.36. The molecule has 0 fully saturated rings. The van der Waals surface area contributed by atoms with Crippen molar-refractivity contribution < 1.29 is 0 Å². The van der Waals surface area contributed by atoms with Crippen molar-refractivity contribution in [2.75, 3.05) is 17.6 Å². The van der Waals surface area contributed by atoms with Crippen molar-refractivity contribution in [3.8, 4) is 0 Å². The molecule has 0 saturated heterocycles. The maximum absolute atomic E-state index is 5.69. The number of nitrogens with zero attached hydrogens (tertiary/aromatic N) is 1. The average Bonchev–Trinajstić information content (AvgIpc) is 2.77. The molecule has 4 nitrogen and oxygen atoms in total. The van der Waals surface area contributed by atoms with E-state index in [9.17, 15) is 0 Å². The summed E-state index contributed by atoms with van der Waals surface area (Å²) < 4.78 is 0. The molecule has 2 rings (SSSR count). The molecule has 0 spiro atoms. The molecule has 0 aliphatic carbocycles. The van der Waals surface area contributed by atoms with Gasteiger partial charge in [0.2, 0.25) is 0 Å². The minimum Gasteiger partial charge on any atom is -0.399 e. The van der Waals surface area contributed by atoms with E-state index in [4.69, 9.17) is 5.73 Å². The fourth-order valence-electron chi connectivity index (χ4n) is 1.57. The van der Waals surface area contributed by atoms with Gasteiger partial charge in [0.15, 0.2) is 0 Å². The standard InChI is InChI=1S/C12H16N4/c13-10-3-1-4-11(9-10)14-6-2-5-12-15-7-8-16-12/h1,3-4,7-9,14H,2,5-6,13H2,(H,15,16). The number of aromatic nitrogens is 2. The van der Waals surface area contributed by atoms with E-state index in [-0.39, 0.29) is 0 Å². The van der Waals surface area contributed by atoms with Crippen molar-refractivity contribution in [2.24, 2.45) is 0 Å². The van der Waals surface area contributed by atoms with Crippen molar-refractivity contribution in [3.05, 3.63) is 42.5 Å². The first kappa shape index (κ1) is 10.5. The summed E-state index contributed by atoms with van der Waals surface area (Å²) in [4.78, 5) is 7.26. The van der Waals surface area contributed by atoms with Crippen LogP contribution < -0.4 is 11.1 Å². The minimum absolute atomic E-state index is 0.788. The van der Waals surface area contributed by atoms with Crippen molar-refractivity contribution in [1.29, 1.82) is 0 Å². The van der Waals surface area contributed by atoms with Gasteiger partial charge in [-0.3, -0.25) is 0 Å². The Morgan fingerprint density at radius 2 is 2.31 bits per heavy atom. The lowest BCUT2D eigenvalue weighted by atomic mass is 10.2. The molecule has 0 aliphatic rings. The molecule has 0 bridgehead atoms. The summed E-state index contributed by atoms with van der Waals surface area (Å²) in [6.07, 6.45) is 5.63. The van der Waals surface area contributed by atoms with Gasteiger partial charge < -0.3 is 16.0 Å². The number of anilines is 2. The fraction of sp³-hybridized carbons (Fsp3) is 0.250. The molecule has 0 amide bonds. The van der Waals surface area contributed by atoms with Crippen molar-refractivity contribution in [1.82, 2.24) is 9.97 Å². The highest BCUT2D eigenvalue weighted by atomic mass is 14.9. The number of nitrogens with one attached hydrogen (secondary N) is 2. The van der Waals surface area contributed by atoms with E-state index < -0.39 is 0 Å². The zero-order valence-electron chi connectivity index (χ0n) is 9.11. The lowest BCUT2D eigenvalue weighted by molar-refractivity contribution is 0.816. The molecule has 1 heterocycles. The number of aryl methyl sites for hydroxylation is 1. The molecule has 0 unspecified atom stereocenters. The Kier molecular flexibility index (Phi) is 3.43. The summed E-state index contributed by atoms with van der Waals surface area (Å²) in [5, 5.41) is 3.33. The fourth-order valence-corrected chi connectivity index (χ4v) is 1.57. The second-order valence-corrected chi connectivity index (χ2v) is 3.69. The number of hydrogen-bond donors (Lipinski definition) is 3. The van der Waals surface area contributed by atoms with Gasteiger partial charge in [0.05, 0.1) is 0 Å². The third-order valence-corrected chi connectivity index (χ3v) is 2.36. The van der Waals surface area contributed by atoms with Gasteiger partial charge in [-0.05, 0) is 24.6 Å². The Labute approximate surface area is 94.9 Å². The van der Waals surface area contributed by atoms with Crippen molar-refractivity contribution in [2.45, 2.75) is 12.8 Å². The van der Waals surface area contributed by atoms with Gasteiger partial charge in [-0.15, -0.1) is 0 Å². The first-order valence-electron chi connectivity index (χ1n) is 5.42. The first-order valence-corrected chi connectivity index (χ1v) is 5.42. The minimum atomic E-state index is 0.788. The van der Waals surface area contributed by atoms with Gasteiger partial charge in [-0.2, -0.15) is 0 Å². The normalized spacial score (nSPS) is 10.2. The summed E-state index contributed by atoms with van der Waals surface area (Å²) in [5.74, 6) is 1.04. The SMILES string of the molecule is Nc1cccc(NCCCc2ncc[nH]2)c1. The molecule has 0 atom stereocenters. The van der Waals surface area contributed by atoms with Gasteiger partial charge in [0, 0.05) is 36.7 Å². The lowest BCUT2D eigenvalue weighted by Crippen LogP contribution is -2.03. The number of benzene rings is 1. The number of imidazole rings is 1. The van der Waals surface area contributed by atoms with Gasteiger partial charge in [0.1, 0.15) is 5.82 Å². The first-order chi connectivity index (χ1) is 7.84. The third kappa shape index (κ3) is 3.02. The predicted octanol–water partition coefficient (Wildman–Crippen LogP) is 2.04. The number of rotatable bonds is 5. The van der Waals surface area contributed by atoms with E-state index in [1.54, 1.807) is 6.20 Å². The van der Waals surface area contributed by atoms with Crippen LogP contribution >= 0.6 is 0 Å². The van der Waals surface area contributed by atoms with E-state index >= 15 is 0 Å². The molecule has 0 saturated carbocycles. The van der Waals surface area contributed by atoms with Crippen LogP contribution in [0.15, 0.2) is 36.7 Å². The van der Waals surface area contributed by atoms with E-state index in [2.05, 4.69) is 15.3 Å². The van der Waals surface area contributed by atoms with E-state index in [0.717, 1.165) is 36.6 Å². The van der Waals surface area contributed by atoms with Crippen LogP contribution in [0.25, 0.3) is 0 Å². The average molecular weight is 216 g/mol. The quantitative estimate of drug-likeness (QED) is 0.529. The topological polar surface area (TPSA) is 66.7 Å². The molecule has 84 valence electrons. The molecule has 4 heteroatoms. The van der Waals surface area contributed by atoms with Crippen LogP contribution in [0.5, 0.6) is 0 Å². The summed E-state index contributed by atoms with van der Waals surface area (Å²) in [7, 11) is 0. The molecule has 16 heavy (non-hydrogen) atoms. The van der Waals surface area contributed by atoms with Crippen LogP contribution in [0.3, 0.4) is 0 Å². The zero-order chi connectivity index (χ0) is 11.2. The summed E-state index contributed by atoms with van der Waals surface area (Å²) >= 11 is 0. The van der Waals surface area contributed by atoms with E-state index in [1.807, 2.05) is 30.5 Å². The van der Waals surface area contributed by atoms with E-state index in [0.29, 0.717) is 0 Å². The van der Waals surface area contributed by atoms with Crippen molar-refractivity contribution in [3.63, 3.8) is 0 Å². The molecule has 0 aliphatic heterocycles. The molecular weight excluding hydrogens is 200 g/mol. The number of nitrogens with two attached hydrogens (primary N) is 1. The maximum atomic E-state index is 5.69. The summed E-state index contributed by atoms with van der Waals surface area (Å²) in [5.41, 5.74) is 7.54. The van der Waals surface area contributed by atoms with Gasteiger partial charge in [0.25, 0.3) is 0 Å². The van der Waals surface area contributed by atoms with Crippen LogP contribution in [0.2, 0.25) is 0 Å². The van der Waals surface area contributed by atoms with Crippen LogP contribution in [-0.2, 0) is 6.42 Å². The Morgan fingerprint density at radius 3 is 3.06 bits per heavy atom.